The highest BCUT2D eigenvalue weighted by Crippen LogP contribution is 2.36. The van der Waals surface area contributed by atoms with Crippen molar-refractivity contribution in [2.24, 2.45) is 0 Å². The average molecular weight is 511 g/mol. The van der Waals surface area contributed by atoms with E-state index in [4.69, 9.17) is 9.47 Å². The highest BCUT2D eigenvalue weighted by Gasteiger charge is 2.40. The number of morpholine rings is 1. The second-order valence-corrected chi connectivity index (χ2v) is 11.4. The van der Waals surface area contributed by atoms with Gasteiger partial charge in [-0.25, -0.2) is 8.42 Å². The van der Waals surface area contributed by atoms with Gasteiger partial charge in [0.25, 0.3) is 5.91 Å². The first kappa shape index (κ1) is 23.9. The molecule has 2 fully saturated rings. The van der Waals surface area contributed by atoms with Gasteiger partial charge >= 0.3 is 6.18 Å². The van der Waals surface area contributed by atoms with Crippen LogP contribution in [0, 0.1) is 0 Å². The molecule has 3 atom stereocenters. The maximum absolute atomic E-state index is 13.4. The first-order valence-electron chi connectivity index (χ1n) is 11.3. The van der Waals surface area contributed by atoms with Crippen molar-refractivity contribution in [3.63, 3.8) is 0 Å². The zero-order chi connectivity index (χ0) is 25.1. The molecule has 11 heteroatoms. The van der Waals surface area contributed by atoms with Crippen LogP contribution in [0.3, 0.4) is 0 Å². The molecule has 0 saturated carbocycles. The van der Waals surface area contributed by atoms with Crippen molar-refractivity contribution >= 4 is 21.4 Å². The highest BCUT2D eigenvalue weighted by molar-refractivity contribution is 7.90. The van der Waals surface area contributed by atoms with Gasteiger partial charge in [-0.3, -0.25) is 4.79 Å². The van der Waals surface area contributed by atoms with Crippen LogP contribution in [0.1, 0.15) is 34.8 Å². The fraction of sp³-hybridized carbons (Fsp3) is 0.458. The predicted molar refractivity (Wildman–Crippen MR) is 121 cm³/mol. The smallest absolute Gasteiger partial charge is 0.425 e. The van der Waals surface area contributed by atoms with E-state index in [1.807, 2.05) is 18.2 Å². The Labute approximate surface area is 201 Å². The van der Waals surface area contributed by atoms with Crippen LogP contribution < -0.4 is 9.64 Å². The van der Waals surface area contributed by atoms with Gasteiger partial charge in [-0.2, -0.15) is 13.2 Å². The van der Waals surface area contributed by atoms with Gasteiger partial charge in [0, 0.05) is 31.6 Å². The van der Waals surface area contributed by atoms with E-state index in [9.17, 15) is 26.4 Å². The summed E-state index contributed by atoms with van der Waals surface area (Å²) in [4.78, 5) is 17.1. The van der Waals surface area contributed by atoms with Gasteiger partial charge in [0.15, 0.2) is 15.9 Å². The van der Waals surface area contributed by atoms with Crippen LogP contribution in [-0.4, -0.2) is 63.1 Å². The van der Waals surface area contributed by atoms with Gasteiger partial charge in [0.05, 0.1) is 29.2 Å². The molecule has 2 aromatic carbocycles. The molecule has 3 heterocycles. The molecule has 5 rings (SSSR count). The Morgan fingerprint density at radius 2 is 1.89 bits per heavy atom. The van der Waals surface area contributed by atoms with E-state index in [2.05, 4.69) is 4.90 Å². The average Bonchev–Trinajstić information content (AvgIpc) is 3.52. The number of halogens is 3. The Hall–Kier alpha value is -2.79. The van der Waals surface area contributed by atoms with Crippen molar-refractivity contribution in [2.45, 2.75) is 55.8 Å². The van der Waals surface area contributed by atoms with Crippen molar-refractivity contribution in [2.75, 3.05) is 24.3 Å². The molecule has 2 bridgehead atoms. The molecule has 0 spiro atoms. The molecule has 2 saturated heterocycles. The number of carbonyl (C=O) groups is 1. The summed E-state index contributed by atoms with van der Waals surface area (Å²) in [6.07, 6.45) is -4.60. The Morgan fingerprint density at radius 1 is 1.14 bits per heavy atom. The van der Waals surface area contributed by atoms with Crippen LogP contribution in [0.5, 0.6) is 5.75 Å². The predicted octanol–water partition coefficient (Wildman–Crippen LogP) is 3.55. The lowest BCUT2D eigenvalue weighted by atomic mass is 10.1. The SMILES string of the molecule is C[C@H](Oc1ccc(S(C)(=O)=O)cc1C(=O)N1Cc2ccc(N3CC4CC3CO4)cc2C1)C(F)(F)F. The lowest BCUT2D eigenvalue weighted by molar-refractivity contribution is -0.189. The number of rotatable bonds is 5. The third-order valence-corrected chi connectivity index (χ3v) is 7.92. The molecule has 35 heavy (non-hydrogen) atoms. The first-order chi connectivity index (χ1) is 16.4. The Bertz CT molecular complexity index is 1280. The number of nitrogens with zero attached hydrogens (tertiary/aromatic N) is 2. The second kappa shape index (κ2) is 8.41. The number of anilines is 1. The molecule has 1 amide bonds. The molecule has 0 aliphatic carbocycles. The van der Waals surface area contributed by atoms with Crippen molar-refractivity contribution in [3.8, 4) is 5.75 Å². The molecular formula is C24H25F3N2O5S. The number of fused-ring (bicyclic) bond motifs is 3. The van der Waals surface area contributed by atoms with Crippen LogP contribution in [0.2, 0.25) is 0 Å². The van der Waals surface area contributed by atoms with Crippen LogP contribution in [0.4, 0.5) is 18.9 Å². The quantitative estimate of drug-likeness (QED) is 0.613. The number of hydrogen-bond donors (Lipinski definition) is 0. The molecule has 0 radical (unpaired) electrons. The van der Waals surface area contributed by atoms with E-state index < -0.39 is 28.0 Å². The first-order valence-corrected chi connectivity index (χ1v) is 13.2. The number of alkyl halides is 3. The summed E-state index contributed by atoms with van der Waals surface area (Å²) in [5.41, 5.74) is 2.72. The minimum absolute atomic E-state index is 0.168. The van der Waals surface area contributed by atoms with E-state index >= 15 is 0 Å². The lowest BCUT2D eigenvalue weighted by Gasteiger charge is -2.29. The second-order valence-electron chi connectivity index (χ2n) is 9.34. The summed E-state index contributed by atoms with van der Waals surface area (Å²) in [6, 6.07) is 9.69. The summed E-state index contributed by atoms with van der Waals surface area (Å²) in [5, 5.41) is 0. The van der Waals surface area contributed by atoms with Crippen LogP contribution in [-0.2, 0) is 27.7 Å². The van der Waals surface area contributed by atoms with Gasteiger partial charge < -0.3 is 19.3 Å². The zero-order valence-corrected chi connectivity index (χ0v) is 20.0. The number of ether oxygens (including phenoxy) is 2. The molecule has 2 aromatic rings. The highest BCUT2D eigenvalue weighted by atomic mass is 32.2. The monoisotopic (exact) mass is 510 g/mol. The number of sulfone groups is 1. The summed E-state index contributed by atoms with van der Waals surface area (Å²) in [5.74, 6) is -0.900. The van der Waals surface area contributed by atoms with E-state index in [1.54, 1.807) is 0 Å². The molecular weight excluding hydrogens is 485 g/mol. The maximum atomic E-state index is 13.4. The number of amides is 1. The van der Waals surface area contributed by atoms with Crippen molar-refractivity contribution in [1.82, 2.24) is 4.90 Å². The molecule has 2 unspecified atom stereocenters. The normalized spacial score (nSPS) is 22.4. The summed E-state index contributed by atoms with van der Waals surface area (Å²) in [6.45, 7) is 2.88. The lowest BCUT2D eigenvalue weighted by Crippen LogP contribution is -2.36. The topological polar surface area (TPSA) is 76.2 Å². The summed E-state index contributed by atoms with van der Waals surface area (Å²) in [7, 11) is -3.69. The van der Waals surface area contributed by atoms with E-state index in [0.29, 0.717) is 12.6 Å². The van der Waals surface area contributed by atoms with E-state index in [0.717, 1.165) is 61.2 Å². The zero-order valence-electron chi connectivity index (χ0n) is 19.2. The van der Waals surface area contributed by atoms with Crippen LogP contribution in [0.25, 0.3) is 0 Å². The van der Waals surface area contributed by atoms with Crippen molar-refractivity contribution in [3.05, 3.63) is 53.1 Å². The molecule has 0 aromatic heterocycles. The molecule has 0 N–H and O–H groups in total. The third kappa shape index (κ3) is 4.58. The third-order valence-electron chi connectivity index (χ3n) is 6.81. The minimum atomic E-state index is -4.64. The number of benzene rings is 2. The maximum Gasteiger partial charge on any atom is 0.425 e. The summed E-state index contributed by atoms with van der Waals surface area (Å²) < 4.78 is 74.2. The van der Waals surface area contributed by atoms with Crippen molar-refractivity contribution in [1.29, 1.82) is 0 Å². The Kier molecular flexibility index (Phi) is 5.75. The van der Waals surface area contributed by atoms with E-state index in [1.165, 1.54) is 4.90 Å². The fourth-order valence-electron chi connectivity index (χ4n) is 4.86. The van der Waals surface area contributed by atoms with Gasteiger partial charge in [0.2, 0.25) is 0 Å². The number of carbonyl (C=O) groups excluding carboxylic acids is 1. The molecule has 3 aliphatic heterocycles. The van der Waals surface area contributed by atoms with Crippen molar-refractivity contribution < 1.29 is 35.9 Å². The van der Waals surface area contributed by atoms with Crippen LogP contribution >= 0.6 is 0 Å². The van der Waals surface area contributed by atoms with Gasteiger partial charge in [0.1, 0.15) is 5.75 Å². The van der Waals surface area contributed by atoms with Gasteiger partial charge in [-0.05, 0) is 54.8 Å². The standard InChI is InChI=1S/C24H25F3N2O5S/c1-14(24(25,26)27)34-22-6-5-20(35(2,31)32)9-21(22)23(30)28-10-15-3-4-17(7-16(15)11-28)29-12-19-8-18(29)13-33-19/h3-7,9,14,18-19H,8,10-13H2,1-2H3/t14-,18?,19?/m0/s1. The Morgan fingerprint density at radius 3 is 2.51 bits per heavy atom. The minimum Gasteiger partial charge on any atom is -0.480 e. The van der Waals surface area contributed by atoms with E-state index in [-0.39, 0.29) is 35.4 Å². The summed E-state index contributed by atoms with van der Waals surface area (Å²) >= 11 is 0. The Balaban J connectivity index is 1.41. The molecule has 188 valence electrons. The van der Waals surface area contributed by atoms with Gasteiger partial charge in [-0.15, -0.1) is 0 Å². The van der Waals surface area contributed by atoms with Crippen LogP contribution in [0.15, 0.2) is 41.3 Å². The molecule has 7 nitrogen and oxygen atoms in total. The number of hydrogen-bond acceptors (Lipinski definition) is 6. The largest absolute Gasteiger partial charge is 0.480 e. The fourth-order valence-corrected chi connectivity index (χ4v) is 5.50. The molecule has 3 aliphatic rings. The van der Waals surface area contributed by atoms with Gasteiger partial charge in [-0.1, -0.05) is 6.07 Å².